The van der Waals surface area contributed by atoms with Gasteiger partial charge in [-0.1, -0.05) is 37.3 Å². The maximum absolute atomic E-state index is 13.0. The monoisotopic (exact) mass is 433 g/mol. The van der Waals surface area contributed by atoms with Gasteiger partial charge in [-0.25, -0.2) is 0 Å². The lowest BCUT2D eigenvalue weighted by Gasteiger charge is -2.44. The van der Waals surface area contributed by atoms with E-state index in [9.17, 15) is 19.2 Å². The summed E-state index contributed by atoms with van der Waals surface area (Å²) < 4.78 is 4.57. The molecule has 1 aromatic rings. The molecule has 3 rings (SSSR count). The van der Waals surface area contributed by atoms with E-state index >= 15 is 0 Å². The van der Waals surface area contributed by atoms with E-state index in [0.717, 1.165) is 0 Å². The number of hydrogen-bond acceptors (Lipinski definition) is 7. The number of ketones is 1. The number of benzene rings is 1. The average Bonchev–Trinajstić information content (AvgIpc) is 2.98. The zero-order valence-electron chi connectivity index (χ0n) is 17.5. The molecule has 1 unspecified atom stereocenters. The lowest BCUT2D eigenvalue weighted by molar-refractivity contribution is -0.161. The molecule has 0 spiro atoms. The number of thioether (sulfide) groups is 1. The maximum Gasteiger partial charge on any atom is 0.306 e. The molecule has 2 aliphatic heterocycles. The third kappa shape index (κ3) is 3.96. The van der Waals surface area contributed by atoms with Gasteiger partial charge >= 0.3 is 5.97 Å². The summed E-state index contributed by atoms with van der Waals surface area (Å²) in [6, 6.07) is 6.53. The van der Waals surface area contributed by atoms with E-state index in [1.807, 2.05) is 19.9 Å². The fraction of sp³-hybridized carbons (Fsp3) is 0.524. The Morgan fingerprint density at radius 3 is 2.50 bits per heavy atom. The highest BCUT2D eigenvalue weighted by molar-refractivity contribution is 8.01. The Labute approximate surface area is 179 Å². The molecule has 9 heteroatoms. The highest BCUT2D eigenvalue weighted by Gasteiger charge is 2.64. The van der Waals surface area contributed by atoms with E-state index in [1.54, 1.807) is 31.2 Å². The van der Waals surface area contributed by atoms with Crippen LogP contribution in [0.3, 0.4) is 0 Å². The van der Waals surface area contributed by atoms with Gasteiger partial charge in [0.15, 0.2) is 11.9 Å². The summed E-state index contributed by atoms with van der Waals surface area (Å²) in [6.07, 6.45) is -0.782. The molecule has 0 aliphatic carbocycles. The van der Waals surface area contributed by atoms with Crippen molar-refractivity contribution in [3.8, 4) is 0 Å². The summed E-state index contributed by atoms with van der Waals surface area (Å²) in [6.45, 7) is 6.91. The number of nitrogens with one attached hydrogen (secondary N) is 1. The molecular formula is C21H27N3O5S. The van der Waals surface area contributed by atoms with Gasteiger partial charge in [0, 0.05) is 11.2 Å². The topological polar surface area (TPSA) is 119 Å². The Bertz CT molecular complexity index is 859. The summed E-state index contributed by atoms with van der Waals surface area (Å²) in [7, 11) is 0. The number of nitrogens with zero attached hydrogens (tertiary/aromatic N) is 1. The summed E-state index contributed by atoms with van der Waals surface area (Å²) in [5.41, 5.74) is 6.68. The van der Waals surface area contributed by atoms with Crippen LogP contribution in [0.1, 0.15) is 45.7 Å². The minimum Gasteiger partial charge on any atom is -0.455 e. The molecule has 1 aromatic carbocycles. The van der Waals surface area contributed by atoms with Crippen molar-refractivity contribution in [2.45, 2.75) is 68.5 Å². The third-order valence-electron chi connectivity index (χ3n) is 5.45. The zero-order valence-corrected chi connectivity index (χ0v) is 18.3. The van der Waals surface area contributed by atoms with Crippen LogP contribution in [0.15, 0.2) is 30.3 Å². The third-order valence-corrected chi connectivity index (χ3v) is 7.02. The molecule has 2 amide bonds. The van der Waals surface area contributed by atoms with Crippen molar-refractivity contribution in [2.24, 2.45) is 5.73 Å². The first-order valence-corrected chi connectivity index (χ1v) is 10.8. The van der Waals surface area contributed by atoms with Gasteiger partial charge in [0.25, 0.3) is 0 Å². The quantitative estimate of drug-likeness (QED) is 0.489. The van der Waals surface area contributed by atoms with Crippen LogP contribution in [0.2, 0.25) is 0 Å². The van der Waals surface area contributed by atoms with Gasteiger partial charge in [-0.15, -0.1) is 11.8 Å². The number of amides is 2. The lowest BCUT2D eigenvalue weighted by atomic mass is 9.90. The molecule has 3 N–H and O–H groups in total. The molecular weight excluding hydrogens is 406 g/mol. The van der Waals surface area contributed by atoms with Gasteiger partial charge < -0.3 is 20.7 Å². The summed E-state index contributed by atoms with van der Waals surface area (Å²) in [4.78, 5) is 51.4. The maximum atomic E-state index is 13.0. The SMILES string of the molecule is CCC(=O)OC(C)C(=O)[C@@H]1N2C(=O)[C@@H](NC(=O)[C@H](N)c3ccccc3)[C@H]2SC1(C)C. The van der Waals surface area contributed by atoms with Gasteiger partial charge in [-0.05, 0) is 26.3 Å². The highest BCUT2D eigenvalue weighted by atomic mass is 32.2. The van der Waals surface area contributed by atoms with E-state index in [4.69, 9.17) is 10.5 Å². The van der Waals surface area contributed by atoms with E-state index in [1.165, 1.54) is 23.6 Å². The number of β-lactam (4-membered cyclic amide) rings is 1. The number of nitrogens with two attached hydrogens (primary N) is 1. The van der Waals surface area contributed by atoms with Gasteiger partial charge in [-0.3, -0.25) is 19.2 Å². The molecule has 0 saturated carbocycles. The number of hydrogen-bond donors (Lipinski definition) is 2. The second-order valence-corrected chi connectivity index (χ2v) is 9.79. The predicted octanol–water partition coefficient (Wildman–Crippen LogP) is 1.14. The Balaban J connectivity index is 1.70. The number of carbonyl (C=O) groups is 4. The van der Waals surface area contributed by atoms with Crippen LogP contribution < -0.4 is 11.1 Å². The van der Waals surface area contributed by atoms with E-state index < -0.39 is 40.9 Å². The van der Waals surface area contributed by atoms with Gasteiger partial charge in [0.2, 0.25) is 11.8 Å². The first-order valence-electron chi connectivity index (χ1n) is 9.92. The average molecular weight is 434 g/mol. The van der Waals surface area contributed by atoms with Crippen molar-refractivity contribution in [1.82, 2.24) is 10.2 Å². The molecule has 0 radical (unpaired) electrons. The molecule has 2 heterocycles. The van der Waals surface area contributed by atoms with Crippen molar-refractivity contribution in [1.29, 1.82) is 0 Å². The fourth-order valence-electron chi connectivity index (χ4n) is 3.82. The lowest BCUT2D eigenvalue weighted by Crippen LogP contribution is -2.71. The van der Waals surface area contributed by atoms with Crippen LogP contribution in [-0.2, 0) is 23.9 Å². The van der Waals surface area contributed by atoms with Gasteiger partial charge in [-0.2, -0.15) is 0 Å². The molecule has 2 saturated heterocycles. The van der Waals surface area contributed by atoms with Crippen molar-refractivity contribution < 1.29 is 23.9 Å². The second-order valence-electron chi connectivity index (χ2n) is 8.02. The van der Waals surface area contributed by atoms with Crippen molar-refractivity contribution in [3.63, 3.8) is 0 Å². The predicted molar refractivity (Wildman–Crippen MR) is 112 cm³/mol. The zero-order chi connectivity index (χ0) is 22.2. The van der Waals surface area contributed by atoms with Crippen LogP contribution in [0.5, 0.6) is 0 Å². The first-order chi connectivity index (χ1) is 14.1. The molecule has 0 bridgehead atoms. The number of fused-ring (bicyclic) bond motifs is 1. The summed E-state index contributed by atoms with van der Waals surface area (Å²) in [5, 5.41) is 2.36. The van der Waals surface area contributed by atoms with Crippen molar-refractivity contribution in [2.75, 3.05) is 0 Å². The molecule has 2 fully saturated rings. The summed E-state index contributed by atoms with van der Waals surface area (Å²) >= 11 is 1.45. The number of carbonyl (C=O) groups excluding carboxylic acids is 4. The van der Waals surface area contributed by atoms with Crippen LogP contribution in [0.25, 0.3) is 0 Å². The highest BCUT2D eigenvalue weighted by Crippen LogP contribution is 2.51. The van der Waals surface area contributed by atoms with Gasteiger partial charge in [0.05, 0.1) is 0 Å². The normalized spacial score (nSPS) is 26.2. The Kier molecular flexibility index (Phi) is 6.24. The first kappa shape index (κ1) is 22.3. The molecule has 162 valence electrons. The molecule has 5 atom stereocenters. The number of ether oxygens (including phenoxy) is 1. The fourth-order valence-corrected chi connectivity index (χ4v) is 5.47. The largest absolute Gasteiger partial charge is 0.455 e. The number of rotatable bonds is 7. The smallest absolute Gasteiger partial charge is 0.306 e. The van der Waals surface area contributed by atoms with Crippen LogP contribution >= 0.6 is 11.8 Å². The molecule has 0 aromatic heterocycles. The van der Waals surface area contributed by atoms with Crippen molar-refractivity contribution >= 4 is 35.3 Å². The Hall–Kier alpha value is -2.39. The molecule has 30 heavy (non-hydrogen) atoms. The Morgan fingerprint density at radius 1 is 1.27 bits per heavy atom. The van der Waals surface area contributed by atoms with Crippen LogP contribution in [0.4, 0.5) is 0 Å². The minimum atomic E-state index is -0.950. The van der Waals surface area contributed by atoms with E-state index in [0.29, 0.717) is 5.56 Å². The van der Waals surface area contributed by atoms with E-state index in [2.05, 4.69) is 5.32 Å². The standard InChI is InChI=1S/C21H27N3O5S/c1-5-13(25)29-11(2)16(26)17-21(3,4)30-20-15(19(28)24(17)20)23-18(27)14(22)12-9-7-6-8-10-12/h6-11,14-15,17,20H,5,22H2,1-4H3,(H,23,27)/t11?,14-,15-,17+,20-/m1/s1. The minimum absolute atomic E-state index is 0.168. The second kappa shape index (κ2) is 8.39. The Morgan fingerprint density at radius 2 is 1.90 bits per heavy atom. The molecule has 2 aliphatic rings. The van der Waals surface area contributed by atoms with Crippen LogP contribution in [0, 0.1) is 0 Å². The summed E-state index contributed by atoms with van der Waals surface area (Å²) in [5.74, 6) is -1.57. The van der Waals surface area contributed by atoms with E-state index in [-0.39, 0.29) is 23.5 Å². The van der Waals surface area contributed by atoms with Gasteiger partial charge in [0.1, 0.15) is 23.5 Å². The molecule has 8 nitrogen and oxygen atoms in total. The number of Topliss-reactive ketones (excluding diaryl/α,β-unsaturated/α-hetero) is 1. The van der Waals surface area contributed by atoms with Crippen molar-refractivity contribution in [3.05, 3.63) is 35.9 Å². The number of esters is 1. The van der Waals surface area contributed by atoms with Crippen LogP contribution in [-0.4, -0.2) is 56.8 Å².